The Morgan fingerprint density at radius 3 is 2.29 bits per heavy atom. The van der Waals surface area contributed by atoms with Crippen LogP contribution in [0.1, 0.15) is 11.1 Å². The minimum absolute atomic E-state index is 0.0687. The number of hydrogen-bond acceptors (Lipinski definition) is 5. The van der Waals surface area contributed by atoms with Crippen LogP contribution in [0.5, 0.6) is 0 Å². The van der Waals surface area contributed by atoms with Gasteiger partial charge in [0.1, 0.15) is 0 Å². The summed E-state index contributed by atoms with van der Waals surface area (Å²) in [4.78, 5) is 23.4. The number of nitrogens with one attached hydrogen (secondary N) is 3. The van der Waals surface area contributed by atoms with Gasteiger partial charge in [0.2, 0.25) is 5.91 Å². The minimum atomic E-state index is -3.80. The number of amides is 2. The lowest BCUT2D eigenvalue weighted by molar-refractivity contribution is -0.116. The molecule has 0 aromatic heterocycles. The molecule has 0 fully saturated rings. The van der Waals surface area contributed by atoms with Crippen LogP contribution < -0.4 is 15.4 Å². The van der Waals surface area contributed by atoms with E-state index >= 15 is 0 Å². The molecule has 3 N–H and O–H groups in total. The van der Waals surface area contributed by atoms with E-state index in [4.69, 9.17) is 11.6 Å². The van der Waals surface area contributed by atoms with E-state index in [9.17, 15) is 18.0 Å². The van der Waals surface area contributed by atoms with E-state index in [1.54, 1.807) is 66.7 Å². The molecule has 0 spiro atoms. The van der Waals surface area contributed by atoms with Crippen LogP contribution in [-0.2, 0) is 26.1 Å². The number of rotatable bonds is 8. The molecule has 3 aromatic rings. The molecule has 34 heavy (non-hydrogen) atoms. The quantitative estimate of drug-likeness (QED) is 0.390. The minimum Gasteiger partial charge on any atom is -0.453 e. The zero-order valence-corrected chi connectivity index (χ0v) is 19.7. The molecule has 2 amide bonds. The Morgan fingerprint density at radius 2 is 1.65 bits per heavy atom. The molecule has 0 bridgehead atoms. The third kappa shape index (κ3) is 7.09. The number of anilines is 2. The first-order valence-corrected chi connectivity index (χ1v) is 11.9. The SMILES string of the molecule is COC(=O)Nc1ccc(CNC(=O)C=Cc2ccc(S(=O)(=O)Nc3ccccc3Cl)cc2)cc1. The number of sulfonamides is 1. The van der Waals surface area contributed by atoms with Crippen LogP contribution in [0.4, 0.5) is 16.2 Å². The van der Waals surface area contributed by atoms with E-state index in [2.05, 4.69) is 20.1 Å². The molecule has 176 valence electrons. The lowest BCUT2D eigenvalue weighted by atomic mass is 10.2. The normalized spacial score (nSPS) is 11.1. The van der Waals surface area contributed by atoms with Gasteiger partial charge >= 0.3 is 6.09 Å². The van der Waals surface area contributed by atoms with E-state index in [-0.39, 0.29) is 10.8 Å². The average molecular weight is 500 g/mol. The Kier molecular flexibility index (Phi) is 8.29. The summed E-state index contributed by atoms with van der Waals surface area (Å²) in [6.07, 6.45) is 2.38. The van der Waals surface area contributed by atoms with Crippen LogP contribution in [0.25, 0.3) is 6.08 Å². The maximum Gasteiger partial charge on any atom is 0.411 e. The Bertz CT molecular complexity index is 1290. The average Bonchev–Trinajstić information content (AvgIpc) is 2.84. The van der Waals surface area contributed by atoms with Gasteiger partial charge in [0.05, 0.1) is 22.7 Å². The summed E-state index contributed by atoms with van der Waals surface area (Å²) in [6, 6.07) is 19.6. The van der Waals surface area contributed by atoms with Crippen LogP contribution >= 0.6 is 11.6 Å². The predicted molar refractivity (Wildman–Crippen MR) is 132 cm³/mol. The molecule has 8 nitrogen and oxygen atoms in total. The highest BCUT2D eigenvalue weighted by atomic mass is 35.5. The first-order chi connectivity index (χ1) is 16.3. The van der Waals surface area contributed by atoms with E-state index in [0.29, 0.717) is 28.5 Å². The highest BCUT2D eigenvalue weighted by molar-refractivity contribution is 7.92. The summed E-state index contributed by atoms with van der Waals surface area (Å²) in [5, 5.41) is 5.59. The maximum absolute atomic E-state index is 12.6. The number of carbonyl (C=O) groups excluding carboxylic acids is 2. The molecule has 0 aliphatic carbocycles. The number of ether oxygens (including phenoxy) is 1. The van der Waals surface area contributed by atoms with Crippen molar-refractivity contribution in [2.24, 2.45) is 0 Å². The number of para-hydroxylation sites is 1. The smallest absolute Gasteiger partial charge is 0.411 e. The molecule has 0 unspecified atom stereocenters. The predicted octanol–water partition coefficient (Wildman–Crippen LogP) is 4.65. The standard InChI is InChI=1S/C24H22ClN3O5S/c1-33-24(30)27-19-11-6-18(7-12-19)16-26-23(29)15-10-17-8-13-20(14-9-17)34(31,32)28-22-5-3-2-4-21(22)25/h2-15,28H,16H2,1H3,(H,26,29)(H,27,30). The number of methoxy groups -OCH3 is 1. The molecule has 0 aliphatic rings. The van der Waals surface area contributed by atoms with Crippen molar-refractivity contribution in [3.05, 3.63) is 95.0 Å². The van der Waals surface area contributed by atoms with Crippen molar-refractivity contribution >= 4 is 51.1 Å². The fourth-order valence-corrected chi connectivity index (χ4v) is 4.12. The molecule has 3 rings (SSSR count). The highest BCUT2D eigenvalue weighted by Gasteiger charge is 2.15. The maximum atomic E-state index is 12.6. The molecule has 10 heteroatoms. The van der Waals surface area contributed by atoms with Crippen molar-refractivity contribution < 1.29 is 22.7 Å². The molecule has 0 atom stereocenters. The topological polar surface area (TPSA) is 114 Å². The van der Waals surface area contributed by atoms with E-state index in [0.717, 1.165) is 5.56 Å². The third-order valence-electron chi connectivity index (χ3n) is 4.59. The summed E-state index contributed by atoms with van der Waals surface area (Å²) in [7, 11) is -2.52. The van der Waals surface area contributed by atoms with E-state index < -0.39 is 16.1 Å². The summed E-state index contributed by atoms with van der Waals surface area (Å²) in [5.74, 6) is -0.311. The van der Waals surface area contributed by atoms with Gasteiger partial charge in [-0.1, -0.05) is 48.0 Å². The van der Waals surface area contributed by atoms with Crippen molar-refractivity contribution in [2.45, 2.75) is 11.4 Å². The molecule has 0 radical (unpaired) electrons. The number of halogens is 1. The van der Waals surface area contributed by atoms with Gasteiger partial charge in [-0.25, -0.2) is 13.2 Å². The van der Waals surface area contributed by atoms with Crippen molar-refractivity contribution in [3.8, 4) is 0 Å². The third-order valence-corrected chi connectivity index (χ3v) is 6.30. The highest BCUT2D eigenvalue weighted by Crippen LogP contribution is 2.24. The molecule has 3 aromatic carbocycles. The summed E-state index contributed by atoms with van der Waals surface area (Å²) in [6.45, 7) is 0.298. The Morgan fingerprint density at radius 1 is 0.971 bits per heavy atom. The second kappa shape index (κ2) is 11.4. The number of hydrogen-bond donors (Lipinski definition) is 3. The zero-order chi connectivity index (χ0) is 24.6. The Labute approximate surface area is 202 Å². The lowest BCUT2D eigenvalue weighted by Gasteiger charge is -2.09. The molecular weight excluding hydrogens is 478 g/mol. The van der Waals surface area contributed by atoms with Gasteiger partial charge in [-0.15, -0.1) is 0 Å². The zero-order valence-electron chi connectivity index (χ0n) is 18.1. The van der Waals surface area contributed by atoms with Crippen LogP contribution in [0, 0.1) is 0 Å². The van der Waals surface area contributed by atoms with Crippen LogP contribution in [0.3, 0.4) is 0 Å². The van der Waals surface area contributed by atoms with Crippen molar-refractivity contribution in [1.82, 2.24) is 5.32 Å². The fraction of sp³-hybridized carbons (Fsp3) is 0.0833. The van der Waals surface area contributed by atoms with Crippen LogP contribution in [0.15, 0.2) is 83.8 Å². The first-order valence-electron chi connectivity index (χ1n) is 10.0. The largest absolute Gasteiger partial charge is 0.453 e. The lowest BCUT2D eigenvalue weighted by Crippen LogP contribution is -2.20. The second-order valence-corrected chi connectivity index (χ2v) is 9.11. The number of benzene rings is 3. The Balaban J connectivity index is 1.54. The summed E-state index contributed by atoms with van der Waals surface area (Å²) in [5.41, 5.74) is 2.37. The van der Waals surface area contributed by atoms with Gasteiger partial charge in [-0.05, 0) is 53.6 Å². The molecular formula is C24H22ClN3O5S. The Hall–Kier alpha value is -3.82. The second-order valence-electron chi connectivity index (χ2n) is 7.02. The van der Waals surface area contributed by atoms with Crippen molar-refractivity contribution in [3.63, 3.8) is 0 Å². The van der Waals surface area contributed by atoms with Gasteiger partial charge in [-0.3, -0.25) is 14.8 Å². The van der Waals surface area contributed by atoms with Crippen LogP contribution in [0.2, 0.25) is 5.02 Å². The molecule has 0 saturated carbocycles. The summed E-state index contributed by atoms with van der Waals surface area (Å²) >= 11 is 6.02. The van der Waals surface area contributed by atoms with Gasteiger partial charge in [0.25, 0.3) is 10.0 Å². The fourth-order valence-electron chi connectivity index (χ4n) is 2.80. The molecule has 0 aliphatic heterocycles. The molecule has 0 saturated heterocycles. The first kappa shape index (κ1) is 24.8. The van der Waals surface area contributed by atoms with Crippen LogP contribution in [-0.4, -0.2) is 27.5 Å². The summed E-state index contributed by atoms with van der Waals surface area (Å²) < 4.78 is 32.1. The number of carbonyl (C=O) groups is 2. The van der Waals surface area contributed by atoms with E-state index in [1.165, 1.54) is 25.3 Å². The van der Waals surface area contributed by atoms with Gasteiger partial charge < -0.3 is 10.1 Å². The van der Waals surface area contributed by atoms with Crippen molar-refractivity contribution in [1.29, 1.82) is 0 Å². The van der Waals surface area contributed by atoms with E-state index in [1.807, 2.05) is 0 Å². The van der Waals surface area contributed by atoms with Gasteiger partial charge in [0, 0.05) is 18.3 Å². The monoisotopic (exact) mass is 499 g/mol. The van der Waals surface area contributed by atoms with Crippen molar-refractivity contribution in [2.75, 3.05) is 17.1 Å². The molecule has 0 heterocycles. The van der Waals surface area contributed by atoms with Gasteiger partial charge in [0.15, 0.2) is 0 Å². The van der Waals surface area contributed by atoms with Gasteiger partial charge in [-0.2, -0.15) is 0 Å².